The second kappa shape index (κ2) is 2.57. The lowest BCUT2D eigenvalue weighted by Crippen LogP contribution is -2.15. The molecule has 0 spiro atoms. The maximum absolute atomic E-state index is 10.5. The van der Waals surface area contributed by atoms with Crippen molar-refractivity contribution >= 4 is 27.8 Å². The van der Waals surface area contributed by atoms with Crippen LogP contribution in [0, 0.1) is 0 Å². The molecule has 1 rings (SSSR count). The first-order valence-corrected chi connectivity index (χ1v) is 3.61. The van der Waals surface area contributed by atoms with Crippen LogP contribution in [0.5, 0.6) is 0 Å². The Bertz CT molecular complexity index is 109. The minimum absolute atomic E-state index is 0.0648. The number of rotatable bonds is 1. The Balaban J connectivity index is 2.42. The van der Waals surface area contributed by atoms with Gasteiger partial charge in [-0.15, -0.1) is 0 Å². The van der Waals surface area contributed by atoms with Gasteiger partial charge in [0.2, 0.25) is 0 Å². The zero-order valence-electron chi connectivity index (χ0n) is 3.96. The Morgan fingerprint density at radius 1 is 1.88 bits per heavy atom. The first-order chi connectivity index (χ1) is 3.84. The van der Waals surface area contributed by atoms with Gasteiger partial charge in [-0.05, 0) is 10.7 Å². The van der Waals surface area contributed by atoms with Crippen molar-refractivity contribution in [2.45, 2.75) is 0 Å². The van der Waals surface area contributed by atoms with Crippen LogP contribution < -0.4 is 0 Å². The molecule has 1 saturated heterocycles. The molecular weight excluding hydrogens is 150 g/mol. The van der Waals surface area contributed by atoms with E-state index in [1.807, 2.05) is 0 Å². The summed E-state index contributed by atoms with van der Waals surface area (Å²) in [6.45, 7) is 0.479. The van der Waals surface area contributed by atoms with Crippen molar-refractivity contribution in [1.29, 1.82) is 0 Å². The third kappa shape index (κ3) is 1.07. The molecule has 0 atom stereocenters. The number of carbonyl (C=O) groups excluding carboxylic acids is 1. The Labute approximate surface area is 55.6 Å². The van der Waals surface area contributed by atoms with Crippen molar-refractivity contribution in [3.05, 3.63) is 0 Å². The molecule has 1 aliphatic heterocycles. The van der Waals surface area contributed by atoms with Crippen LogP contribution in [0.1, 0.15) is 0 Å². The molecule has 1 aliphatic rings. The summed E-state index contributed by atoms with van der Waals surface area (Å²) in [5, 5.41) is 0. The number of ether oxygens (including phenoxy) is 1. The third-order valence-electron chi connectivity index (χ3n) is 0.796. The van der Waals surface area contributed by atoms with Crippen molar-refractivity contribution < 1.29 is 9.53 Å². The number of amides is 1. The first kappa shape index (κ1) is 6.19. The minimum atomic E-state index is -0.0648. The summed E-state index contributed by atoms with van der Waals surface area (Å²) in [4.78, 5) is 10.5. The molecule has 0 N–H and O–H groups in total. The van der Waals surface area contributed by atoms with Crippen molar-refractivity contribution in [3.8, 4) is 0 Å². The summed E-state index contributed by atoms with van der Waals surface area (Å²) < 4.78 is 6.08. The van der Waals surface area contributed by atoms with Gasteiger partial charge in [-0.2, -0.15) is 0 Å². The van der Waals surface area contributed by atoms with E-state index in [4.69, 9.17) is 15.4 Å². The number of hydrogen-bond acceptors (Lipinski definition) is 3. The summed E-state index contributed by atoms with van der Waals surface area (Å²) in [6.07, 6.45) is 0. The van der Waals surface area contributed by atoms with Gasteiger partial charge in [-0.1, -0.05) is 0 Å². The molecule has 0 aromatic carbocycles. The fraction of sp³-hybridized carbons (Fsp3) is 0.667. The van der Waals surface area contributed by atoms with Gasteiger partial charge in [-0.3, -0.25) is 4.79 Å². The van der Waals surface area contributed by atoms with E-state index >= 15 is 0 Å². The number of nitrogens with zero attached hydrogens (tertiary/aromatic N) is 1. The van der Waals surface area contributed by atoms with Crippen LogP contribution in [0.3, 0.4) is 0 Å². The van der Waals surface area contributed by atoms with E-state index in [2.05, 4.69) is 0 Å². The number of halogens is 1. The fourth-order valence-corrected chi connectivity index (χ4v) is 1.01. The van der Waals surface area contributed by atoms with E-state index in [0.29, 0.717) is 6.73 Å². The van der Waals surface area contributed by atoms with Crippen LogP contribution in [0.25, 0.3) is 0 Å². The van der Waals surface area contributed by atoms with E-state index in [-0.39, 0.29) is 12.5 Å². The summed E-state index contributed by atoms with van der Waals surface area (Å²) in [6, 6.07) is 0. The predicted octanol–water partition coefficient (Wildman–Crippen LogP) is 0.605. The smallest absolute Gasteiger partial charge is 0.261 e. The van der Waals surface area contributed by atoms with Gasteiger partial charge in [-0.25, -0.2) is 4.31 Å². The van der Waals surface area contributed by atoms with E-state index in [1.165, 1.54) is 4.31 Å². The number of carbonyl (C=O) groups is 1. The molecule has 1 amide bonds. The van der Waals surface area contributed by atoms with Crippen molar-refractivity contribution in [1.82, 2.24) is 4.31 Å². The van der Waals surface area contributed by atoms with E-state index < -0.39 is 0 Å². The van der Waals surface area contributed by atoms with Crippen LogP contribution >= 0.6 is 21.8 Å². The van der Waals surface area contributed by atoms with Gasteiger partial charge < -0.3 is 4.74 Å². The van der Waals surface area contributed by atoms with Crippen LogP contribution in [0.2, 0.25) is 0 Å². The van der Waals surface area contributed by atoms with Gasteiger partial charge in [0.15, 0.2) is 0 Å². The molecule has 5 heteroatoms. The Kier molecular flexibility index (Phi) is 1.99. The summed E-state index contributed by atoms with van der Waals surface area (Å²) >= 11 is 0.872. The third-order valence-corrected chi connectivity index (χ3v) is 1.77. The van der Waals surface area contributed by atoms with E-state index in [1.54, 1.807) is 0 Å². The van der Waals surface area contributed by atoms with Crippen LogP contribution in [0.15, 0.2) is 0 Å². The highest BCUT2D eigenvalue weighted by atomic mass is 35.7. The van der Waals surface area contributed by atoms with Gasteiger partial charge in [0, 0.05) is 0 Å². The molecule has 0 aliphatic carbocycles. The van der Waals surface area contributed by atoms with Gasteiger partial charge >= 0.3 is 0 Å². The molecule has 0 aromatic heterocycles. The van der Waals surface area contributed by atoms with E-state index in [0.717, 1.165) is 11.2 Å². The zero-order chi connectivity index (χ0) is 5.98. The molecule has 0 aromatic rings. The monoisotopic (exact) mass is 153 g/mol. The Hall–Kier alpha value is 0.0700. The largest absolute Gasteiger partial charge is 0.350 e. The lowest BCUT2D eigenvalue weighted by molar-refractivity contribution is -0.122. The SMILES string of the molecule is O=C1COCN1SCl. The average Bonchev–Trinajstić information content (AvgIpc) is 2.14. The highest BCUT2D eigenvalue weighted by Crippen LogP contribution is 2.17. The van der Waals surface area contributed by atoms with Gasteiger partial charge in [0.1, 0.15) is 13.3 Å². The van der Waals surface area contributed by atoms with Gasteiger partial charge in [0.25, 0.3) is 5.91 Å². The lowest BCUT2D eigenvalue weighted by atomic mass is 10.7. The summed E-state index contributed by atoms with van der Waals surface area (Å²) in [5.74, 6) is -0.0648. The van der Waals surface area contributed by atoms with Crippen molar-refractivity contribution in [2.24, 2.45) is 0 Å². The topological polar surface area (TPSA) is 29.5 Å². The van der Waals surface area contributed by atoms with Crippen molar-refractivity contribution in [2.75, 3.05) is 13.3 Å². The second-order valence-electron chi connectivity index (χ2n) is 1.32. The molecule has 0 unspecified atom stereocenters. The first-order valence-electron chi connectivity index (χ1n) is 2.01. The zero-order valence-corrected chi connectivity index (χ0v) is 5.54. The molecule has 1 heterocycles. The minimum Gasteiger partial charge on any atom is -0.350 e. The van der Waals surface area contributed by atoms with Crippen LogP contribution in [0.4, 0.5) is 0 Å². The predicted molar refractivity (Wildman–Crippen MR) is 31.1 cm³/mol. The average molecular weight is 154 g/mol. The molecule has 46 valence electrons. The second-order valence-corrected chi connectivity index (χ2v) is 2.31. The normalized spacial score (nSPS) is 20.1. The standard InChI is InChI=1S/C3H4ClNO2S/c4-8-5-2-7-1-3(5)6/h1-2H2. The van der Waals surface area contributed by atoms with E-state index in [9.17, 15) is 4.79 Å². The Morgan fingerprint density at radius 3 is 2.88 bits per heavy atom. The highest BCUT2D eigenvalue weighted by Gasteiger charge is 2.20. The maximum Gasteiger partial charge on any atom is 0.261 e. The van der Waals surface area contributed by atoms with Crippen LogP contribution in [-0.4, -0.2) is 23.6 Å². The van der Waals surface area contributed by atoms with Gasteiger partial charge in [0.05, 0.1) is 11.2 Å². The number of hydrogen-bond donors (Lipinski definition) is 0. The molecule has 8 heavy (non-hydrogen) atoms. The fourth-order valence-electron chi connectivity index (χ4n) is 0.418. The molecule has 3 nitrogen and oxygen atoms in total. The molecule has 0 saturated carbocycles. The molecular formula is C3H4ClNO2S. The van der Waals surface area contributed by atoms with Crippen LogP contribution in [-0.2, 0) is 9.53 Å². The summed E-state index contributed by atoms with van der Waals surface area (Å²) in [5.41, 5.74) is 0. The maximum atomic E-state index is 10.5. The molecule has 0 bridgehead atoms. The Morgan fingerprint density at radius 2 is 2.62 bits per heavy atom. The highest BCUT2D eigenvalue weighted by molar-refractivity contribution is 8.19. The quantitative estimate of drug-likeness (QED) is 0.517. The lowest BCUT2D eigenvalue weighted by Gasteiger charge is -2.03. The van der Waals surface area contributed by atoms with Crippen molar-refractivity contribution in [3.63, 3.8) is 0 Å². The summed E-state index contributed by atoms with van der Waals surface area (Å²) in [7, 11) is 5.24. The molecule has 0 radical (unpaired) electrons. The molecule has 1 fully saturated rings.